The first-order valence-electron chi connectivity index (χ1n) is 2.84. The van der Waals surface area contributed by atoms with Crippen LogP contribution in [0.4, 0.5) is 13.2 Å². The molecule has 0 radical (unpaired) electrons. The number of hydrogen-bond acceptors (Lipinski definition) is 2. The van der Waals surface area contributed by atoms with Crippen molar-refractivity contribution in [3.05, 3.63) is 22.0 Å². The third-order valence-electron chi connectivity index (χ3n) is 0.913. The summed E-state index contributed by atoms with van der Waals surface area (Å²) in [5, 5.41) is 0. The lowest BCUT2D eigenvalue weighted by Gasteiger charge is -2.07. The van der Waals surface area contributed by atoms with E-state index in [1.807, 2.05) is 22.6 Å². The first-order valence-corrected chi connectivity index (χ1v) is 3.91. The van der Waals surface area contributed by atoms with Gasteiger partial charge in [0, 0.05) is 9.77 Å². The summed E-state index contributed by atoms with van der Waals surface area (Å²) in [4.78, 5) is 3.54. The molecule has 0 bridgehead atoms. The molecule has 2 nitrogen and oxygen atoms in total. The number of nitrogens with zero attached hydrogens (tertiary/aromatic N) is 1. The van der Waals surface area contributed by atoms with E-state index < -0.39 is 6.36 Å². The maximum Gasteiger partial charge on any atom is 0.573 e. The number of pyridine rings is 1. The van der Waals surface area contributed by atoms with E-state index in [0.29, 0.717) is 3.57 Å². The van der Waals surface area contributed by atoms with Crippen LogP contribution in [0.1, 0.15) is 0 Å². The van der Waals surface area contributed by atoms with Crippen LogP contribution in [0.3, 0.4) is 0 Å². The van der Waals surface area contributed by atoms with Crippen LogP contribution < -0.4 is 4.74 Å². The summed E-state index contributed by atoms with van der Waals surface area (Å²) in [7, 11) is 0. The van der Waals surface area contributed by atoms with Gasteiger partial charge >= 0.3 is 6.36 Å². The van der Waals surface area contributed by atoms with E-state index in [4.69, 9.17) is 0 Å². The second-order valence-electron chi connectivity index (χ2n) is 1.89. The van der Waals surface area contributed by atoms with Crippen molar-refractivity contribution in [3.63, 3.8) is 0 Å². The molecule has 1 rings (SSSR count). The molecule has 1 aromatic rings. The average Bonchev–Trinajstić information content (AvgIpc) is 1.82. The van der Waals surface area contributed by atoms with Crippen LogP contribution in [0, 0.1) is 3.57 Å². The highest BCUT2D eigenvalue weighted by Gasteiger charge is 2.31. The molecule has 0 saturated carbocycles. The number of hydrogen-bond donors (Lipinski definition) is 0. The zero-order valence-electron chi connectivity index (χ0n) is 5.60. The van der Waals surface area contributed by atoms with Gasteiger partial charge in [0.1, 0.15) is 5.75 Å². The molecule has 1 heterocycles. The van der Waals surface area contributed by atoms with E-state index in [1.165, 1.54) is 12.3 Å². The summed E-state index contributed by atoms with van der Waals surface area (Å²) in [6.45, 7) is 0. The molecule has 0 fully saturated rings. The summed E-state index contributed by atoms with van der Waals surface area (Å²) in [6, 6.07) is 1.25. The molecule has 0 amide bonds. The second kappa shape index (κ2) is 3.46. The van der Waals surface area contributed by atoms with Crippen molar-refractivity contribution in [2.24, 2.45) is 0 Å². The molecule has 12 heavy (non-hydrogen) atoms. The minimum absolute atomic E-state index is 0.297. The summed E-state index contributed by atoms with van der Waals surface area (Å²) in [6.07, 6.45) is -2.20. The molecule has 0 spiro atoms. The minimum Gasteiger partial charge on any atom is -0.404 e. The Kier molecular flexibility index (Phi) is 2.76. The van der Waals surface area contributed by atoms with Crippen LogP contribution in [0.5, 0.6) is 5.75 Å². The predicted octanol–water partition coefficient (Wildman–Crippen LogP) is 2.58. The van der Waals surface area contributed by atoms with Crippen LogP contribution in [-0.4, -0.2) is 11.3 Å². The van der Waals surface area contributed by atoms with E-state index in [0.717, 1.165) is 6.20 Å². The van der Waals surface area contributed by atoms with E-state index in [9.17, 15) is 13.2 Å². The van der Waals surface area contributed by atoms with Crippen molar-refractivity contribution >= 4 is 22.6 Å². The molecule has 0 aromatic carbocycles. The second-order valence-corrected chi connectivity index (χ2v) is 3.13. The van der Waals surface area contributed by atoms with Gasteiger partial charge in [0.2, 0.25) is 0 Å². The topological polar surface area (TPSA) is 22.1 Å². The van der Waals surface area contributed by atoms with E-state index in [-0.39, 0.29) is 5.75 Å². The first-order chi connectivity index (χ1) is 5.47. The van der Waals surface area contributed by atoms with Gasteiger partial charge in [-0.15, -0.1) is 13.2 Å². The number of ether oxygens (including phenoxy) is 1. The average molecular weight is 289 g/mol. The zero-order chi connectivity index (χ0) is 9.19. The van der Waals surface area contributed by atoms with Gasteiger partial charge in [-0.3, -0.25) is 4.98 Å². The van der Waals surface area contributed by atoms with Gasteiger partial charge in [-0.2, -0.15) is 0 Å². The maximum atomic E-state index is 11.6. The summed E-state index contributed by atoms with van der Waals surface area (Å²) >= 11 is 1.85. The Morgan fingerprint density at radius 3 is 2.50 bits per heavy atom. The molecule has 0 atom stereocenters. The SMILES string of the molecule is FC(F)(F)Oc1cncc(I)c1. The molecule has 0 saturated heterocycles. The fourth-order valence-corrected chi connectivity index (χ4v) is 1.05. The highest BCUT2D eigenvalue weighted by molar-refractivity contribution is 14.1. The molecular weight excluding hydrogens is 286 g/mol. The van der Waals surface area contributed by atoms with Crippen molar-refractivity contribution in [3.8, 4) is 5.75 Å². The van der Waals surface area contributed by atoms with Gasteiger partial charge in [-0.05, 0) is 28.7 Å². The van der Waals surface area contributed by atoms with Crippen molar-refractivity contribution in [1.82, 2.24) is 4.98 Å². The predicted molar refractivity (Wildman–Crippen MR) is 43.6 cm³/mol. The molecule has 0 unspecified atom stereocenters. The van der Waals surface area contributed by atoms with Crippen LogP contribution in [0.2, 0.25) is 0 Å². The molecular formula is C6H3F3INO. The lowest BCUT2D eigenvalue weighted by molar-refractivity contribution is -0.274. The Morgan fingerprint density at radius 2 is 2.00 bits per heavy atom. The number of aromatic nitrogens is 1. The number of alkyl halides is 3. The van der Waals surface area contributed by atoms with E-state index in [1.54, 1.807) is 0 Å². The van der Waals surface area contributed by atoms with Crippen LogP contribution in [-0.2, 0) is 0 Å². The monoisotopic (exact) mass is 289 g/mol. The molecule has 1 aromatic heterocycles. The van der Waals surface area contributed by atoms with Crippen LogP contribution >= 0.6 is 22.6 Å². The van der Waals surface area contributed by atoms with Gasteiger partial charge in [0.25, 0.3) is 0 Å². The Morgan fingerprint density at radius 1 is 1.33 bits per heavy atom. The molecule has 0 aliphatic carbocycles. The van der Waals surface area contributed by atoms with Gasteiger partial charge in [0.05, 0.1) is 6.20 Å². The molecule has 0 aliphatic rings. The zero-order valence-corrected chi connectivity index (χ0v) is 7.76. The molecule has 6 heteroatoms. The Labute approximate surface area is 79.9 Å². The minimum atomic E-state index is -4.65. The van der Waals surface area contributed by atoms with Crippen molar-refractivity contribution in [2.75, 3.05) is 0 Å². The van der Waals surface area contributed by atoms with Crippen molar-refractivity contribution < 1.29 is 17.9 Å². The fraction of sp³-hybridized carbons (Fsp3) is 0.167. The fourth-order valence-electron chi connectivity index (χ4n) is 0.582. The normalized spacial score (nSPS) is 11.3. The van der Waals surface area contributed by atoms with Gasteiger partial charge in [-0.1, -0.05) is 0 Å². The highest BCUT2D eigenvalue weighted by atomic mass is 127. The molecule has 0 N–H and O–H groups in total. The molecule has 0 aliphatic heterocycles. The highest BCUT2D eigenvalue weighted by Crippen LogP contribution is 2.22. The van der Waals surface area contributed by atoms with Gasteiger partial charge in [0.15, 0.2) is 0 Å². The Bertz CT molecular complexity index is 276. The van der Waals surface area contributed by atoms with Crippen LogP contribution in [0.25, 0.3) is 0 Å². The first kappa shape index (κ1) is 9.56. The van der Waals surface area contributed by atoms with E-state index in [2.05, 4.69) is 9.72 Å². The summed E-state index contributed by atoms with van der Waals surface area (Å²) in [5.74, 6) is -0.297. The third-order valence-corrected chi connectivity index (χ3v) is 1.50. The summed E-state index contributed by atoms with van der Waals surface area (Å²) < 4.78 is 39.1. The standard InChI is InChI=1S/C6H3F3INO/c7-6(8,9)12-5-1-4(10)2-11-3-5/h1-3H. The van der Waals surface area contributed by atoms with E-state index >= 15 is 0 Å². The Hall–Kier alpha value is -0.530. The smallest absolute Gasteiger partial charge is 0.404 e. The number of rotatable bonds is 1. The largest absolute Gasteiger partial charge is 0.573 e. The van der Waals surface area contributed by atoms with Gasteiger partial charge < -0.3 is 4.74 Å². The quantitative estimate of drug-likeness (QED) is 0.741. The maximum absolute atomic E-state index is 11.6. The Balaban J connectivity index is 2.77. The van der Waals surface area contributed by atoms with Crippen molar-refractivity contribution in [2.45, 2.75) is 6.36 Å². The number of halogens is 4. The van der Waals surface area contributed by atoms with Gasteiger partial charge in [-0.25, -0.2) is 0 Å². The lowest BCUT2D eigenvalue weighted by atomic mass is 10.5. The lowest BCUT2D eigenvalue weighted by Crippen LogP contribution is -2.17. The van der Waals surface area contributed by atoms with Crippen LogP contribution in [0.15, 0.2) is 18.5 Å². The summed E-state index contributed by atoms with van der Waals surface area (Å²) in [5.41, 5.74) is 0. The van der Waals surface area contributed by atoms with Crippen molar-refractivity contribution in [1.29, 1.82) is 0 Å². The third kappa shape index (κ3) is 3.24. The molecule has 66 valence electrons.